The van der Waals surface area contributed by atoms with Crippen LogP contribution in [0.15, 0.2) is 0 Å². The van der Waals surface area contributed by atoms with Gasteiger partial charge in [-0.25, -0.2) is 0 Å². The van der Waals surface area contributed by atoms with Crippen LogP contribution in [0.1, 0.15) is 26.7 Å². The zero-order chi connectivity index (χ0) is 7.98. The highest BCUT2D eigenvalue weighted by Gasteiger charge is 2.06. The third-order valence-electron chi connectivity index (χ3n) is 2.03. The lowest BCUT2D eigenvalue weighted by Gasteiger charge is -2.18. The highest BCUT2D eigenvalue weighted by molar-refractivity contribution is 4.68. The molecule has 0 amide bonds. The van der Waals surface area contributed by atoms with Crippen LogP contribution in [-0.4, -0.2) is 26.2 Å². The molecule has 10 heavy (non-hydrogen) atoms. The first-order valence-electron chi connectivity index (χ1n) is 4.09. The normalized spacial score (nSPS) is 16.8. The van der Waals surface area contributed by atoms with Crippen molar-refractivity contribution in [3.8, 4) is 0 Å². The third kappa shape index (κ3) is 3.85. The predicted molar refractivity (Wildman–Crippen MR) is 46.3 cm³/mol. The van der Waals surface area contributed by atoms with Crippen molar-refractivity contribution >= 4 is 0 Å². The van der Waals surface area contributed by atoms with E-state index in [-0.39, 0.29) is 0 Å². The summed E-state index contributed by atoms with van der Waals surface area (Å²) in [5.41, 5.74) is 0. The van der Waals surface area contributed by atoms with E-state index in [0.29, 0.717) is 12.1 Å². The van der Waals surface area contributed by atoms with Crippen LogP contribution in [-0.2, 0) is 0 Å². The summed E-state index contributed by atoms with van der Waals surface area (Å²) in [7, 11) is 4.03. The Labute approximate surface area is 64.4 Å². The van der Waals surface area contributed by atoms with E-state index in [4.69, 9.17) is 0 Å². The first-order valence-corrected chi connectivity index (χ1v) is 4.09. The lowest BCUT2D eigenvalue weighted by molar-refractivity contribution is 0.436. The number of hydrogen-bond acceptors (Lipinski definition) is 2. The van der Waals surface area contributed by atoms with Crippen LogP contribution >= 0.6 is 0 Å². The van der Waals surface area contributed by atoms with Crippen molar-refractivity contribution < 1.29 is 0 Å². The number of rotatable bonds is 5. The quantitative estimate of drug-likeness (QED) is 0.601. The van der Waals surface area contributed by atoms with Gasteiger partial charge in [-0.1, -0.05) is 6.92 Å². The van der Waals surface area contributed by atoms with E-state index in [1.807, 2.05) is 14.1 Å². The molecule has 2 unspecified atom stereocenters. The standard InChI is InChI=1S/C8H20N2/c1-5-8(10-4)6-7(2)9-3/h7-10H,5-6H2,1-4H3. The van der Waals surface area contributed by atoms with Crippen molar-refractivity contribution in [2.75, 3.05) is 14.1 Å². The molecule has 0 aliphatic carbocycles. The summed E-state index contributed by atoms with van der Waals surface area (Å²) in [5.74, 6) is 0. The van der Waals surface area contributed by atoms with Crippen molar-refractivity contribution in [1.29, 1.82) is 0 Å². The maximum atomic E-state index is 3.28. The SMILES string of the molecule is CCC(CC(C)NC)NC. The van der Waals surface area contributed by atoms with Crippen LogP contribution in [0.25, 0.3) is 0 Å². The molecule has 0 heterocycles. The summed E-state index contributed by atoms with van der Waals surface area (Å²) < 4.78 is 0. The molecule has 2 N–H and O–H groups in total. The Morgan fingerprint density at radius 1 is 1.20 bits per heavy atom. The van der Waals surface area contributed by atoms with Gasteiger partial charge in [0.15, 0.2) is 0 Å². The van der Waals surface area contributed by atoms with E-state index in [1.165, 1.54) is 12.8 Å². The van der Waals surface area contributed by atoms with Crippen LogP contribution in [0.2, 0.25) is 0 Å². The second-order valence-corrected chi connectivity index (χ2v) is 2.82. The van der Waals surface area contributed by atoms with Crippen LogP contribution < -0.4 is 10.6 Å². The highest BCUT2D eigenvalue weighted by Crippen LogP contribution is 1.99. The van der Waals surface area contributed by atoms with Gasteiger partial charge >= 0.3 is 0 Å². The van der Waals surface area contributed by atoms with Gasteiger partial charge in [-0.05, 0) is 33.9 Å². The van der Waals surface area contributed by atoms with Crippen LogP contribution in [0.3, 0.4) is 0 Å². The summed E-state index contributed by atoms with van der Waals surface area (Å²) >= 11 is 0. The Kier molecular flexibility index (Phi) is 5.64. The van der Waals surface area contributed by atoms with Crippen molar-refractivity contribution in [1.82, 2.24) is 10.6 Å². The van der Waals surface area contributed by atoms with Crippen molar-refractivity contribution in [2.45, 2.75) is 38.8 Å². The number of nitrogens with one attached hydrogen (secondary N) is 2. The van der Waals surface area contributed by atoms with Crippen molar-refractivity contribution in [3.63, 3.8) is 0 Å². The molecule has 0 aliphatic rings. The Morgan fingerprint density at radius 3 is 2.10 bits per heavy atom. The van der Waals surface area contributed by atoms with Crippen molar-refractivity contribution in [2.24, 2.45) is 0 Å². The van der Waals surface area contributed by atoms with Gasteiger partial charge in [-0.15, -0.1) is 0 Å². The van der Waals surface area contributed by atoms with E-state index in [1.54, 1.807) is 0 Å². The minimum atomic E-state index is 0.623. The van der Waals surface area contributed by atoms with Gasteiger partial charge in [0.25, 0.3) is 0 Å². The summed E-state index contributed by atoms with van der Waals surface area (Å²) in [6.07, 6.45) is 2.42. The van der Waals surface area contributed by atoms with Crippen LogP contribution in [0.4, 0.5) is 0 Å². The molecule has 0 aromatic heterocycles. The molecular weight excluding hydrogens is 124 g/mol. The van der Waals surface area contributed by atoms with Gasteiger partial charge in [0, 0.05) is 12.1 Å². The molecule has 0 aromatic carbocycles. The second kappa shape index (κ2) is 5.69. The fourth-order valence-electron chi connectivity index (χ4n) is 1.03. The van der Waals surface area contributed by atoms with Gasteiger partial charge < -0.3 is 10.6 Å². The first-order chi connectivity index (χ1) is 4.74. The summed E-state index contributed by atoms with van der Waals surface area (Å²) in [5, 5.41) is 6.50. The Morgan fingerprint density at radius 2 is 1.80 bits per heavy atom. The van der Waals surface area contributed by atoms with Crippen LogP contribution in [0.5, 0.6) is 0 Å². The maximum absolute atomic E-state index is 3.28. The minimum absolute atomic E-state index is 0.623. The molecule has 0 spiro atoms. The average molecular weight is 144 g/mol. The van der Waals surface area contributed by atoms with E-state index in [0.717, 1.165) is 0 Å². The molecule has 0 rings (SSSR count). The first kappa shape index (κ1) is 9.92. The Balaban J connectivity index is 3.41. The molecule has 62 valence electrons. The summed E-state index contributed by atoms with van der Waals surface area (Å²) in [6.45, 7) is 4.42. The van der Waals surface area contributed by atoms with Gasteiger partial charge in [0.2, 0.25) is 0 Å². The molecule has 0 aliphatic heterocycles. The summed E-state index contributed by atoms with van der Waals surface area (Å²) in [6, 6.07) is 1.29. The van der Waals surface area contributed by atoms with Gasteiger partial charge in [-0.2, -0.15) is 0 Å². The number of hydrogen-bond donors (Lipinski definition) is 2. The second-order valence-electron chi connectivity index (χ2n) is 2.82. The van der Waals surface area contributed by atoms with E-state index in [2.05, 4.69) is 24.5 Å². The largest absolute Gasteiger partial charge is 0.317 e. The topological polar surface area (TPSA) is 24.1 Å². The Hall–Kier alpha value is -0.0800. The average Bonchev–Trinajstić information content (AvgIpc) is 1.99. The molecule has 0 fully saturated rings. The molecule has 2 nitrogen and oxygen atoms in total. The zero-order valence-electron chi connectivity index (χ0n) is 7.57. The molecular formula is C8H20N2. The van der Waals surface area contributed by atoms with E-state index in [9.17, 15) is 0 Å². The third-order valence-corrected chi connectivity index (χ3v) is 2.03. The smallest absolute Gasteiger partial charge is 0.00761 e. The molecule has 2 atom stereocenters. The molecule has 0 saturated carbocycles. The minimum Gasteiger partial charge on any atom is -0.317 e. The van der Waals surface area contributed by atoms with Gasteiger partial charge in [0.05, 0.1) is 0 Å². The lowest BCUT2D eigenvalue weighted by Crippen LogP contribution is -2.33. The Bertz CT molecular complexity index is 69.7. The zero-order valence-corrected chi connectivity index (χ0v) is 7.57. The fraction of sp³-hybridized carbons (Fsp3) is 1.00. The monoisotopic (exact) mass is 144 g/mol. The van der Waals surface area contributed by atoms with Gasteiger partial charge in [0.1, 0.15) is 0 Å². The lowest BCUT2D eigenvalue weighted by atomic mass is 10.1. The molecule has 0 bridgehead atoms. The summed E-state index contributed by atoms with van der Waals surface area (Å²) in [4.78, 5) is 0. The molecule has 0 aromatic rings. The van der Waals surface area contributed by atoms with Crippen LogP contribution in [0, 0.1) is 0 Å². The fourth-order valence-corrected chi connectivity index (χ4v) is 1.03. The van der Waals surface area contributed by atoms with Gasteiger partial charge in [-0.3, -0.25) is 0 Å². The van der Waals surface area contributed by atoms with E-state index >= 15 is 0 Å². The molecule has 0 radical (unpaired) electrons. The van der Waals surface area contributed by atoms with E-state index < -0.39 is 0 Å². The highest BCUT2D eigenvalue weighted by atomic mass is 14.9. The van der Waals surface area contributed by atoms with Crippen molar-refractivity contribution in [3.05, 3.63) is 0 Å². The maximum Gasteiger partial charge on any atom is 0.00761 e. The molecule has 2 heteroatoms. The predicted octanol–water partition coefficient (Wildman–Crippen LogP) is 0.982. The molecule has 0 saturated heterocycles.